The molecule has 3 aromatic rings. The highest BCUT2D eigenvalue weighted by atomic mass is 35.5. The van der Waals surface area contributed by atoms with E-state index in [-0.39, 0.29) is 6.10 Å². The van der Waals surface area contributed by atoms with Crippen LogP contribution in [0.25, 0.3) is 0 Å². The van der Waals surface area contributed by atoms with Crippen molar-refractivity contribution in [3.8, 4) is 5.75 Å². The van der Waals surface area contributed by atoms with E-state index in [1.54, 1.807) is 0 Å². The Kier molecular flexibility index (Phi) is 6.72. The van der Waals surface area contributed by atoms with Gasteiger partial charge < -0.3 is 9.47 Å². The first-order valence-electron chi connectivity index (χ1n) is 10.4. The highest BCUT2D eigenvalue weighted by molar-refractivity contribution is 6.30. The largest absolute Gasteiger partial charge is 0.493 e. The van der Waals surface area contributed by atoms with Crippen LogP contribution in [0.2, 0.25) is 5.02 Å². The molecule has 2 aromatic heterocycles. The molecule has 4 rings (SSSR count). The van der Waals surface area contributed by atoms with Crippen molar-refractivity contribution in [1.82, 2.24) is 24.9 Å². The van der Waals surface area contributed by atoms with E-state index in [1.165, 1.54) is 5.56 Å². The molecule has 0 spiro atoms. The summed E-state index contributed by atoms with van der Waals surface area (Å²) in [6.07, 6.45) is 2.86. The molecule has 0 saturated carbocycles. The van der Waals surface area contributed by atoms with Gasteiger partial charge in [-0.25, -0.2) is 0 Å². The number of ether oxygens (including phenoxy) is 2. The Balaban J connectivity index is 1.30. The topological polar surface area (TPSA) is 68.2 Å². The van der Waals surface area contributed by atoms with Gasteiger partial charge in [0.25, 0.3) is 0 Å². The third kappa shape index (κ3) is 5.22. The second-order valence-electron chi connectivity index (χ2n) is 7.56. The fraction of sp³-hybridized carbons (Fsp3) is 0.455. The van der Waals surface area contributed by atoms with Gasteiger partial charge >= 0.3 is 0 Å². The van der Waals surface area contributed by atoms with Crippen molar-refractivity contribution in [2.24, 2.45) is 0 Å². The standard InChI is InChI=1S/C22H28ClN5O2/c1-3-28-14-17(16(2)26-28)13-27-8-10-30-22(15-27)21-12-19(24-25-21)7-9-29-20-6-4-5-18(23)11-20/h4-6,11-12,14,22H,3,7-10,13,15H2,1-2H3,(H,24,25)/t22-/m1/s1. The van der Waals surface area contributed by atoms with Crippen LogP contribution in [0.3, 0.4) is 0 Å². The smallest absolute Gasteiger partial charge is 0.120 e. The number of halogens is 1. The zero-order valence-corrected chi connectivity index (χ0v) is 18.2. The van der Waals surface area contributed by atoms with Gasteiger partial charge in [-0.3, -0.25) is 14.7 Å². The second kappa shape index (κ2) is 9.64. The molecule has 160 valence electrons. The third-order valence-electron chi connectivity index (χ3n) is 5.33. The van der Waals surface area contributed by atoms with Gasteiger partial charge in [-0.2, -0.15) is 10.2 Å². The number of nitrogens with zero attached hydrogens (tertiary/aromatic N) is 4. The van der Waals surface area contributed by atoms with Crippen molar-refractivity contribution >= 4 is 11.6 Å². The summed E-state index contributed by atoms with van der Waals surface area (Å²) >= 11 is 5.99. The van der Waals surface area contributed by atoms with Crippen LogP contribution in [0.4, 0.5) is 0 Å². The van der Waals surface area contributed by atoms with Gasteiger partial charge in [0.2, 0.25) is 0 Å². The van der Waals surface area contributed by atoms with E-state index in [9.17, 15) is 0 Å². The summed E-state index contributed by atoms with van der Waals surface area (Å²) in [5, 5.41) is 12.8. The van der Waals surface area contributed by atoms with E-state index in [2.05, 4.69) is 46.3 Å². The molecule has 1 fully saturated rings. The van der Waals surface area contributed by atoms with E-state index in [4.69, 9.17) is 21.1 Å². The molecular formula is C22H28ClN5O2. The van der Waals surface area contributed by atoms with Crippen molar-refractivity contribution < 1.29 is 9.47 Å². The maximum atomic E-state index is 6.00. The highest BCUT2D eigenvalue weighted by Gasteiger charge is 2.25. The number of morpholine rings is 1. The zero-order chi connectivity index (χ0) is 20.9. The maximum absolute atomic E-state index is 6.00. The maximum Gasteiger partial charge on any atom is 0.120 e. The minimum atomic E-state index is -0.0286. The fourth-order valence-corrected chi connectivity index (χ4v) is 3.83. The van der Waals surface area contributed by atoms with Gasteiger partial charge in [0, 0.05) is 55.1 Å². The van der Waals surface area contributed by atoms with Crippen molar-refractivity contribution in [2.75, 3.05) is 26.3 Å². The predicted octanol–water partition coefficient (Wildman–Crippen LogP) is 3.78. The number of hydrogen-bond acceptors (Lipinski definition) is 5. The van der Waals surface area contributed by atoms with Crippen LogP contribution in [-0.2, 0) is 24.2 Å². The summed E-state index contributed by atoms with van der Waals surface area (Å²) in [4.78, 5) is 2.41. The Labute approximate surface area is 181 Å². The number of H-pyrrole nitrogens is 1. The predicted molar refractivity (Wildman–Crippen MR) is 116 cm³/mol. The van der Waals surface area contributed by atoms with Gasteiger partial charge in [0.05, 0.1) is 24.6 Å². The molecule has 0 bridgehead atoms. The monoisotopic (exact) mass is 429 g/mol. The van der Waals surface area contributed by atoms with Crippen molar-refractivity contribution in [3.63, 3.8) is 0 Å². The van der Waals surface area contributed by atoms with E-state index in [0.29, 0.717) is 18.2 Å². The molecule has 1 aliphatic heterocycles. The summed E-state index contributed by atoms with van der Waals surface area (Å²) < 4.78 is 13.8. The van der Waals surface area contributed by atoms with Crippen LogP contribution in [0.1, 0.15) is 35.7 Å². The summed E-state index contributed by atoms with van der Waals surface area (Å²) in [6.45, 7) is 8.95. The summed E-state index contributed by atoms with van der Waals surface area (Å²) in [5.41, 5.74) is 4.35. The van der Waals surface area contributed by atoms with Crippen molar-refractivity contribution in [2.45, 2.75) is 39.5 Å². The van der Waals surface area contributed by atoms with Crippen LogP contribution >= 0.6 is 11.6 Å². The molecule has 1 atom stereocenters. The van der Waals surface area contributed by atoms with Crippen LogP contribution in [-0.4, -0.2) is 51.2 Å². The molecule has 30 heavy (non-hydrogen) atoms. The lowest BCUT2D eigenvalue weighted by Gasteiger charge is -2.31. The SMILES string of the molecule is CCn1cc(CN2CCO[C@@H](c3cc(CCOc4cccc(Cl)c4)[nH]n3)C2)c(C)n1. The number of aryl methyl sites for hydroxylation is 2. The molecule has 3 heterocycles. The Morgan fingerprint density at radius 1 is 1.33 bits per heavy atom. The Morgan fingerprint density at radius 3 is 3.03 bits per heavy atom. The first-order valence-corrected chi connectivity index (χ1v) is 10.8. The quantitative estimate of drug-likeness (QED) is 0.590. The van der Waals surface area contributed by atoms with Crippen LogP contribution in [0.5, 0.6) is 5.75 Å². The Morgan fingerprint density at radius 2 is 2.23 bits per heavy atom. The fourth-order valence-electron chi connectivity index (χ4n) is 3.65. The lowest BCUT2D eigenvalue weighted by atomic mass is 10.1. The molecule has 0 amide bonds. The van der Waals surface area contributed by atoms with Crippen molar-refractivity contribution in [1.29, 1.82) is 0 Å². The Bertz CT molecular complexity index is 970. The number of aromatic nitrogens is 4. The van der Waals surface area contributed by atoms with E-state index < -0.39 is 0 Å². The number of aromatic amines is 1. The van der Waals surface area contributed by atoms with Crippen LogP contribution in [0.15, 0.2) is 36.5 Å². The van der Waals surface area contributed by atoms with Gasteiger partial charge in [-0.05, 0) is 38.1 Å². The number of nitrogens with one attached hydrogen (secondary N) is 1. The second-order valence-corrected chi connectivity index (χ2v) is 8.00. The molecule has 0 aliphatic carbocycles. The lowest BCUT2D eigenvalue weighted by molar-refractivity contribution is -0.0350. The zero-order valence-electron chi connectivity index (χ0n) is 17.5. The Hall–Kier alpha value is -2.35. The van der Waals surface area contributed by atoms with Gasteiger partial charge in [-0.15, -0.1) is 0 Å². The van der Waals surface area contributed by atoms with E-state index in [1.807, 2.05) is 28.9 Å². The van der Waals surface area contributed by atoms with Crippen LogP contribution < -0.4 is 4.74 Å². The molecule has 7 nitrogen and oxygen atoms in total. The average Bonchev–Trinajstić information content (AvgIpc) is 3.35. The summed E-state index contributed by atoms with van der Waals surface area (Å²) in [5.74, 6) is 0.773. The van der Waals surface area contributed by atoms with E-state index in [0.717, 1.165) is 55.4 Å². The van der Waals surface area contributed by atoms with Gasteiger partial charge in [-0.1, -0.05) is 17.7 Å². The van der Waals surface area contributed by atoms with Gasteiger partial charge in [0.1, 0.15) is 11.9 Å². The molecular weight excluding hydrogens is 402 g/mol. The molecule has 1 aromatic carbocycles. The first kappa shape index (κ1) is 20.9. The molecule has 0 unspecified atom stereocenters. The number of rotatable bonds is 8. The third-order valence-corrected chi connectivity index (χ3v) is 5.57. The van der Waals surface area contributed by atoms with Crippen LogP contribution in [0, 0.1) is 6.92 Å². The average molecular weight is 430 g/mol. The van der Waals surface area contributed by atoms with E-state index >= 15 is 0 Å². The first-order chi connectivity index (χ1) is 14.6. The highest BCUT2D eigenvalue weighted by Crippen LogP contribution is 2.23. The lowest BCUT2D eigenvalue weighted by Crippen LogP contribution is -2.38. The molecule has 0 radical (unpaired) electrons. The molecule has 8 heteroatoms. The minimum Gasteiger partial charge on any atom is -0.493 e. The molecule has 1 aliphatic rings. The summed E-state index contributed by atoms with van der Waals surface area (Å²) in [7, 11) is 0. The van der Waals surface area contributed by atoms with Crippen molar-refractivity contribution in [3.05, 3.63) is 64.2 Å². The minimum absolute atomic E-state index is 0.0286. The number of hydrogen-bond donors (Lipinski definition) is 1. The normalized spacial score (nSPS) is 17.4. The van der Waals surface area contributed by atoms with Gasteiger partial charge in [0.15, 0.2) is 0 Å². The molecule has 1 N–H and O–H groups in total. The molecule has 1 saturated heterocycles. The number of benzene rings is 1. The summed E-state index contributed by atoms with van der Waals surface area (Å²) in [6, 6.07) is 9.51.